The number of aldehydes is 1. The molecule has 4 saturated carbocycles. The topological polar surface area (TPSA) is 92.5 Å². The number of rotatable bonds is 5. The first-order valence-corrected chi connectivity index (χ1v) is 11.4. The Balaban J connectivity index is 1.36. The van der Waals surface area contributed by atoms with Gasteiger partial charge in [-0.25, -0.2) is 0 Å². The smallest absolute Gasteiger partial charge is 0.257 e. The lowest BCUT2D eigenvalue weighted by atomic mass is 9.45. The van der Waals surface area contributed by atoms with Crippen molar-refractivity contribution in [3.05, 3.63) is 35.9 Å². The van der Waals surface area contributed by atoms with Gasteiger partial charge >= 0.3 is 0 Å². The predicted octanol–water partition coefficient (Wildman–Crippen LogP) is 2.13. The molecule has 5 fully saturated rings. The maximum absolute atomic E-state index is 13.0. The highest BCUT2D eigenvalue weighted by molar-refractivity contribution is 6.06. The van der Waals surface area contributed by atoms with E-state index in [-0.39, 0.29) is 29.3 Å². The maximum atomic E-state index is 13.0. The second kappa shape index (κ2) is 7.57. The Bertz CT molecular complexity index is 827. The van der Waals surface area contributed by atoms with Gasteiger partial charge in [-0.1, -0.05) is 18.2 Å². The second-order valence-corrected chi connectivity index (χ2v) is 10.0. The molecule has 4 bridgehead atoms. The van der Waals surface area contributed by atoms with Gasteiger partial charge < -0.3 is 10.5 Å². The third-order valence-corrected chi connectivity index (χ3v) is 8.39. The van der Waals surface area contributed by atoms with E-state index in [4.69, 9.17) is 5.73 Å². The average Bonchev–Trinajstić information content (AvgIpc) is 3.22. The van der Waals surface area contributed by atoms with Crippen LogP contribution in [-0.4, -0.2) is 47.7 Å². The molecule has 1 heterocycles. The molecule has 6 rings (SSSR count). The van der Waals surface area contributed by atoms with Crippen molar-refractivity contribution in [3.8, 4) is 0 Å². The molecule has 3 N–H and O–H groups in total. The molecule has 1 aromatic carbocycles. The summed E-state index contributed by atoms with van der Waals surface area (Å²) in [6.45, 7) is 0.704. The summed E-state index contributed by atoms with van der Waals surface area (Å²) in [7, 11) is 0. The first-order chi connectivity index (χ1) is 14.5. The van der Waals surface area contributed by atoms with Gasteiger partial charge in [0.15, 0.2) is 0 Å². The summed E-state index contributed by atoms with van der Waals surface area (Å²) in [5.41, 5.74) is 7.03. The van der Waals surface area contributed by atoms with Crippen molar-refractivity contribution < 1.29 is 14.4 Å². The van der Waals surface area contributed by atoms with Gasteiger partial charge in [0.25, 0.3) is 5.91 Å². The van der Waals surface area contributed by atoms with Crippen LogP contribution in [0.5, 0.6) is 0 Å². The van der Waals surface area contributed by atoms with Crippen molar-refractivity contribution in [1.29, 1.82) is 0 Å². The second-order valence-electron chi connectivity index (χ2n) is 10.0. The van der Waals surface area contributed by atoms with Gasteiger partial charge in [-0.3, -0.25) is 19.8 Å². The largest absolute Gasteiger partial charge is 0.327 e. The summed E-state index contributed by atoms with van der Waals surface area (Å²) >= 11 is 0. The number of benzene rings is 1. The summed E-state index contributed by atoms with van der Waals surface area (Å²) in [5.74, 6) is 1.15. The zero-order valence-electron chi connectivity index (χ0n) is 17.3. The molecule has 6 heteroatoms. The normalized spacial score (nSPS) is 38.4. The van der Waals surface area contributed by atoms with Crippen molar-refractivity contribution in [2.75, 3.05) is 6.54 Å². The van der Waals surface area contributed by atoms with Crippen LogP contribution >= 0.6 is 0 Å². The van der Waals surface area contributed by atoms with Crippen molar-refractivity contribution in [3.63, 3.8) is 0 Å². The number of nitrogens with two attached hydrogens (primary N) is 1. The van der Waals surface area contributed by atoms with Crippen molar-refractivity contribution in [2.45, 2.75) is 63.1 Å². The molecule has 1 saturated heterocycles. The summed E-state index contributed by atoms with van der Waals surface area (Å²) in [6, 6.07) is 8.00. The lowest BCUT2D eigenvalue weighted by Crippen LogP contribution is -2.68. The van der Waals surface area contributed by atoms with Gasteiger partial charge in [0.2, 0.25) is 5.91 Å². The molecule has 0 spiro atoms. The predicted molar refractivity (Wildman–Crippen MR) is 112 cm³/mol. The first-order valence-electron chi connectivity index (χ1n) is 11.4. The van der Waals surface area contributed by atoms with Crippen LogP contribution in [0.2, 0.25) is 0 Å². The third-order valence-electron chi connectivity index (χ3n) is 8.39. The summed E-state index contributed by atoms with van der Waals surface area (Å²) in [5, 5.41) is 2.57. The Labute approximate surface area is 177 Å². The fourth-order valence-electron chi connectivity index (χ4n) is 7.39. The van der Waals surface area contributed by atoms with Crippen LogP contribution in [0.25, 0.3) is 0 Å². The van der Waals surface area contributed by atoms with E-state index < -0.39 is 6.04 Å². The standard InChI is InChI=1S/C24H31N3O3/c25-21-18-10-15-9-16(11-18)13-24(21,12-15)20(14-28)27-8-4-7-19(27)23(30)26-22(29)17-5-2-1-3-6-17/h1-3,5-6,14-16,18-21H,4,7-13,25H2,(H,26,29,30)/t15?,16?,18?,19-,20?,21?,24?/m0/s1. The molecule has 30 heavy (non-hydrogen) atoms. The van der Waals surface area contributed by atoms with Crippen LogP contribution in [0.4, 0.5) is 0 Å². The number of amides is 2. The van der Waals surface area contributed by atoms with Gasteiger partial charge in [-0.05, 0) is 81.4 Å². The van der Waals surface area contributed by atoms with E-state index in [0.29, 0.717) is 36.3 Å². The SMILES string of the molecule is NC1C2CC3CC(C2)CC1(C(C=O)N1CCC[C@H]1C(=O)NC(=O)c1ccccc1)C3. The summed E-state index contributed by atoms with van der Waals surface area (Å²) < 4.78 is 0. The van der Waals surface area contributed by atoms with Crippen LogP contribution in [-0.2, 0) is 9.59 Å². The number of carbonyl (C=O) groups excluding carboxylic acids is 3. The van der Waals surface area contributed by atoms with E-state index in [9.17, 15) is 14.4 Å². The number of hydrogen-bond acceptors (Lipinski definition) is 5. The molecule has 160 valence electrons. The fraction of sp³-hybridized carbons (Fsp3) is 0.625. The van der Waals surface area contributed by atoms with E-state index in [1.807, 2.05) is 6.07 Å². The van der Waals surface area contributed by atoms with Crippen LogP contribution < -0.4 is 11.1 Å². The molecule has 6 nitrogen and oxygen atoms in total. The van der Waals surface area contributed by atoms with Crippen molar-refractivity contribution in [2.24, 2.45) is 28.9 Å². The van der Waals surface area contributed by atoms with Crippen LogP contribution in [0.1, 0.15) is 55.3 Å². The first kappa shape index (κ1) is 19.9. The van der Waals surface area contributed by atoms with E-state index in [2.05, 4.69) is 10.2 Å². The number of carbonyl (C=O) groups is 3. The highest BCUT2D eigenvalue weighted by Gasteiger charge is 2.60. The number of imide groups is 1. The minimum Gasteiger partial charge on any atom is -0.327 e. The summed E-state index contributed by atoms with van der Waals surface area (Å²) in [6.07, 6.45) is 8.23. The fourth-order valence-corrected chi connectivity index (χ4v) is 7.39. The monoisotopic (exact) mass is 409 g/mol. The lowest BCUT2D eigenvalue weighted by molar-refractivity contribution is -0.144. The van der Waals surface area contributed by atoms with Crippen molar-refractivity contribution >= 4 is 18.1 Å². The molecule has 4 unspecified atom stereocenters. The Morgan fingerprint density at radius 1 is 1.13 bits per heavy atom. The van der Waals surface area contributed by atoms with Crippen molar-refractivity contribution in [1.82, 2.24) is 10.2 Å². The van der Waals surface area contributed by atoms with E-state index in [0.717, 1.165) is 25.5 Å². The van der Waals surface area contributed by atoms with Gasteiger partial charge in [0.05, 0.1) is 12.1 Å². The number of nitrogens with zero attached hydrogens (tertiary/aromatic N) is 1. The van der Waals surface area contributed by atoms with Crippen LogP contribution in [0.15, 0.2) is 30.3 Å². The van der Waals surface area contributed by atoms with Gasteiger partial charge in [-0.2, -0.15) is 0 Å². The average molecular weight is 410 g/mol. The molecule has 1 aromatic rings. The van der Waals surface area contributed by atoms with Crippen LogP contribution in [0, 0.1) is 23.2 Å². The Kier molecular flexibility index (Phi) is 5.02. The molecular weight excluding hydrogens is 378 g/mol. The molecule has 5 atom stereocenters. The van der Waals surface area contributed by atoms with Crippen LogP contribution in [0.3, 0.4) is 0 Å². The minimum atomic E-state index is -0.451. The highest BCUT2D eigenvalue weighted by Crippen LogP contribution is 2.61. The molecule has 0 radical (unpaired) electrons. The van der Waals surface area contributed by atoms with Gasteiger partial charge in [0.1, 0.15) is 6.29 Å². The Morgan fingerprint density at radius 2 is 1.83 bits per heavy atom. The zero-order chi connectivity index (χ0) is 20.9. The maximum Gasteiger partial charge on any atom is 0.257 e. The summed E-state index contributed by atoms with van der Waals surface area (Å²) in [4.78, 5) is 40.1. The molecule has 0 aromatic heterocycles. The molecule has 1 aliphatic heterocycles. The van der Waals surface area contributed by atoms with E-state index in [1.54, 1.807) is 24.3 Å². The Hall–Kier alpha value is -2.05. The molecule has 2 amide bonds. The van der Waals surface area contributed by atoms with Gasteiger partial charge in [-0.15, -0.1) is 0 Å². The quantitative estimate of drug-likeness (QED) is 0.574. The third kappa shape index (κ3) is 3.12. The highest BCUT2D eigenvalue weighted by atomic mass is 16.2. The molecular formula is C24H31N3O3. The number of nitrogens with one attached hydrogen (secondary N) is 1. The zero-order valence-corrected chi connectivity index (χ0v) is 17.3. The van der Waals surface area contributed by atoms with E-state index >= 15 is 0 Å². The molecule has 4 aliphatic carbocycles. The van der Waals surface area contributed by atoms with Gasteiger partial charge in [0, 0.05) is 17.0 Å². The Morgan fingerprint density at radius 3 is 2.50 bits per heavy atom. The molecule has 5 aliphatic rings. The minimum absolute atomic E-state index is 0.0239. The lowest BCUT2D eigenvalue weighted by Gasteiger charge is -2.63. The number of hydrogen-bond donors (Lipinski definition) is 2. The number of likely N-dealkylation sites (tertiary alicyclic amines) is 1. The van der Waals surface area contributed by atoms with E-state index in [1.165, 1.54) is 19.3 Å².